The van der Waals surface area contributed by atoms with Crippen LogP contribution in [0.4, 0.5) is 0 Å². The molecule has 0 aliphatic rings. The van der Waals surface area contributed by atoms with Crippen LogP contribution >= 0.6 is 22.3 Å². The van der Waals surface area contributed by atoms with Gasteiger partial charge in [-0.1, -0.05) is 23.7 Å². The van der Waals surface area contributed by atoms with Crippen molar-refractivity contribution in [3.8, 4) is 0 Å². The van der Waals surface area contributed by atoms with Crippen molar-refractivity contribution in [1.82, 2.24) is 0 Å². The van der Waals surface area contributed by atoms with Crippen molar-refractivity contribution in [2.75, 3.05) is 5.75 Å². The summed E-state index contributed by atoms with van der Waals surface area (Å²) in [5, 5.41) is 10.0. The summed E-state index contributed by atoms with van der Waals surface area (Å²) in [6, 6.07) is 6.82. The average molecular weight is 269 g/mol. The van der Waals surface area contributed by atoms with E-state index in [-0.39, 0.29) is 6.42 Å². The zero-order chi connectivity index (χ0) is 11.5. The summed E-state index contributed by atoms with van der Waals surface area (Å²) >= 11 is 5.68. The van der Waals surface area contributed by atoms with Gasteiger partial charge in [-0.25, -0.2) is 8.42 Å². The van der Waals surface area contributed by atoms with Gasteiger partial charge in [-0.3, -0.25) is 0 Å². The van der Waals surface area contributed by atoms with E-state index in [1.54, 1.807) is 24.3 Å². The van der Waals surface area contributed by atoms with Crippen molar-refractivity contribution in [1.29, 1.82) is 0 Å². The topological polar surface area (TPSA) is 54.4 Å². The fourth-order valence-electron chi connectivity index (χ4n) is 1.18. The summed E-state index contributed by atoms with van der Waals surface area (Å²) in [4.78, 5) is 0. The molecule has 84 valence electrons. The number of rotatable bonds is 4. The molecule has 0 aromatic heterocycles. The predicted octanol–water partition coefficient (Wildman–Crippen LogP) is 1.81. The maximum Gasteiger partial charge on any atom is 0.235 e. The number of aliphatic hydroxyl groups excluding tert-OH is 1. The van der Waals surface area contributed by atoms with E-state index in [0.717, 1.165) is 5.56 Å². The van der Waals surface area contributed by atoms with Gasteiger partial charge in [0.2, 0.25) is 9.05 Å². The summed E-state index contributed by atoms with van der Waals surface area (Å²) in [5.74, 6) is -0.447. The molecule has 0 aliphatic heterocycles. The highest BCUT2D eigenvalue weighted by Crippen LogP contribution is 2.12. The molecule has 1 N–H and O–H groups in total. The van der Waals surface area contributed by atoms with Crippen LogP contribution in [0.25, 0.3) is 0 Å². The smallest absolute Gasteiger partial charge is 0.235 e. The van der Waals surface area contributed by atoms with E-state index in [2.05, 4.69) is 0 Å². The first-order chi connectivity index (χ1) is 6.87. The van der Waals surface area contributed by atoms with E-state index in [0.29, 0.717) is 5.02 Å². The largest absolute Gasteiger partial charge is 0.392 e. The van der Waals surface area contributed by atoms with Crippen LogP contribution in [-0.2, 0) is 15.5 Å². The van der Waals surface area contributed by atoms with E-state index in [4.69, 9.17) is 22.3 Å². The minimum absolute atomic E-state index is 0.239. The highest BCUT2D eigenvalue weighted by molar-refractivity contribution is 8.13. The summed E-state index contributed by atoms with van der Waals surface area (Å²) in [7, 11) is 1.36. The van der Waals surface area contributed by atoms with Crippen LogP contribution in [0.1, 0.15) is 5.56 Å². The number of hydrogen-bond acceptors (Lipinski definition) is 3. The number of halogens is 2. The summed E-state index contributed by atoms with van der Waals surface area (Å²) in [6.45, 7) is 0. The zero-order valence-corrected chi connectivity index (χ0v) is 10.1. The average Bonchev–Trinajstić information content (AvgIpc) is 2.05. The second kappa shape index (κ2) is 5.16. The van der Waals surface area contributed by atoms with Gasteiger partial charge in [0.25, 0.3) is 0 Å². The third-order valence-corrected chi connectivity index (χ3v) is 3.19. The molecular formula is C9H10Cl2O3S. The lowest BCUT2D eigenvalue weighted by Gasteiger charge is -2.08. The minimum Gasteiger partial charge on any atom is -0.392 e. The molecule has 0 bridgehead atoms. The van der Waals surface area contributed by atoms with Crippen molar-refractivity contribution in [2.45, 2.75) is 12.5 Å². The Balaban J connectivity index is 2.59. The molecule has 15 heavy (non-hydrogen) atoms. The second-order valence-electron chi connectivity index (χ2n) is 3.19. The van der Waals surface area contributed by atoms with E-state index >= 15 is 0 Å². The monoisotopic (exact) mass is 268 g/mol. The number of hydrogen-bond donors (Lipinski definition) is 1. The lowest BCUT2D eigenvalue weighted by atomic mass is 10.1. The molecule has 0 radical (unpaired) electrons. The Kier molecular flexibility index (Phi) is 4.40. The second-order valence-corrected chi connectivity index (χ2v) is 6.45. The van der Waals surface area contributed by atoms with E-state index in [1.807, 2.05) is 0 Å². The fourth-order valence-corrected chi connectivity index (χ4v) is 2.32. The van der Waals surface area contributed by atoms with E-state index in [1.165, 1.54) is 0 Å². The molecule has 0 aliphatic carbocycles. The Morgan fingerprint density at radius 2 is 1.80 bits per heavy atom. The minimum atomic E-state index is -3.66. The molecule has 0 spiro atoms. The van der Waals surface area contributed by atoms with E-state index < -0.39 is 20.9 Å². The van der Waals surface area contributed by atoms with Crippen LogP contribution in [-0.4, -0.2) is 25.4 Å². The normalized spacial score (nSPS) is 13.8. The molecule has 0 heterocycles. The van der Waals surface area contributed by atoms with Crippen molar-refractivity contribution in [3.05, 3.63) is 34.9 Å². The standard InChI is InChI=1S/C9H10Cl2O3S/c10-8-3-1-7(2-4-8)5-9(12)6-15(11,13)14/h1-4,9,12H,5-6H2. The molecule has 0 saturated heterocycles. The Morgan fingerprint density at radius 3 is 2.27 bits per heavy atom. The summed E-state index contributed by atoms with van der Waals surface area (Å²) < 4.78 is 21.3. The lowest BCUT2D eigenvalue weighted by molar-refractivity contribution is 0.198. The van der Waals surface area contributed by atoms with Gasteiger partial charge in [-0.05, 0) is 24.1 Å². The van der Waals surface area contributed by atoms with Gasteiger partial charge in [-0.15, -0.1) is 0 Å². The van der Waals surface area contributed by atoms with Crippen molar-refractivity contribution >= 4 is 31.3 Å². The number of aliphatic hydroxyl groups is 1. The van der Waals surface area contributed by atoms with Crippen molar-refractivity contribution < 1.29 is 13.5 Å². The Labute approximate surface area is 98.1 Å². The third kappa shape index (κ3) is 5.37. The zero-order valence-electron chi connectivity index (χ0n) is 7.73. The first-order valence-corrected chi connectivity index (χ1v) is 7.07. The maximum atomic E-state index is 10.7. The van der Waals surface area contributed by atoms with E-state index in [9.17, 15) is 13.5 Å². The first kappa shape index (κ1) is 12.8. The molecular weight excluding hydrogens is 259 g/mol. The molecule has 1 unspecified atom stereocenters. The van der Waals surface area contributed by atoms with Crippen LogP contribution in [0.5, 0.6) is 0 Å². The number of benzene rings is 1. The molecule has 6 heteroatoms. The van der Waals surface area contributed by atoms with Gasteiger partial charge in [0, 0.05) is 15.7 Å². The Hall–Kier alpha value is -0.290. The SMILES string of the molecule is O=S(=O)(Cl)CC(O)Cc1ccc(Cl)cc1. The molecule has 1 atom stereocenters. The third-order valence-electron chi connectivity index (χ3n) is 1.78. The van der Waals surface area contributed by atoms with Crippen LogP contribution < -0.4 is 0 Å². The maximum absolute atomic E-state index is 10.7. The molecule has 0 fully saturated rings. The van der Waals surface area contributed by atoms with Crippen LogP contribution in [0.15, 0.2) is 24.3 Å². The predicted molar refractivity (Wildman–Crippen MR) is 60.8 cm³/mol. The van der Waals surface area contributed by atoms with Crippen LogP contribution in [0, 0.1) is 0 Å². The summed E-state index contributed by atoms with van der Waals surface area (Å²) in [5.41, 5.74) is 0.812. The molecule has 1 aromatic rings. The molecule has 1 rings (SSSR count). The van der Waals surface area contributed by atoms with Gasteiger partial charge in [0.15, 0.2) is 0 Å². The molecule has 0 amide bonds. The Morgan fingerprint density at radius 1 is 1.27 bits per heavy atom. The lowest BCUT2D eigenvalue weighted by Crippen LogP contribution is -2.19. The van der Waals surface area contributed by atoms with Gasteiger partial charge >= 0.3 is 0 Å². The van der Waals surface area contributed by atoms with Gasteiger partial charge in [0.1, 0.15) is 0 Å². The van der Waals surface area contributed by atoms with Crippen molar-refractivity contribution in [2.24, 2.45) is 0 Å². The first-order valence-electron chi connectivity index (χ1n) is 4.21. The van der Waals surface area contributed by atoms with Crippen LogP contribution in [0.3, 0.4) is 0 Å². The fraction of sp³-hybridized carbons (Fsp3) is 0.333. The van der Waals surface area contributed by atoms with Crippen molar-refractivity contribution in [3.63, 3.8) is 0 Å². The quantitative estimate of drug-likeness (QED) is 0.848. The Bertz CT molecular complexity index is 413. The molecule has 1 aromatic carbocycles. The van der Waals surface area contributed by atoms with Crippen LogP contribution in [0.2, 0.25) is 5.02 Å². The summed E-state index contributed by atoms with van der Waals surface area (Å²) in [6.07, 6.45) is -0.753. The van der Waals surface area contributed by atoms with Gasteiger partial charge < -0.3 is 5.11 Å². The highest BCUT2D eigenvalue weighted by atomic mass is 35.7. The molecule has 0 saturated carbocycles. The molecule has 3 nitrogen and oxygen atoms in total. The van der Waals surface area contributed by atoms with Gasteiger partial charge in [-0.2, -0.15) is 0 Å². The van der Waals surface area contributed by atoms with Gasteiger partial charge in [0.05, 0.1) is 11.9 Å². The highest BCUT2D eigenvalue weighted by Gasteiger charge is 2.14.